The maximum absolute atomic E-state index is 10.8. The third-order valence-electron chi connectivity index (χ3n) is 2.79. The summed E-state index contributed by atoms with van der Waals surface area (Å²) < 4.78 is 5.05. The van der Waals surface area contributed by atoms with Crippen molar-refractivity contribution in [3.05, 3.63) is 35.4 Å². The number of nitrogens with zero attached hydrogens (tertiary/aromatic N) is 1. The Hall–Kier alpha value is -1.39. The van der Waals surface area contributed by atoms with Gasteiger partial charge in [-0.2, -0.15) is 0 Å². The fourth-order valence-corrected chi connectivity index (χ4v) is 1.83. The van der Waals surface area contributed by atoms with Crippen LogP contribution in [0, 0.1) is 5.92 Å². The maximum Gasteiger partial charge on any atom is 0.307 e. The Morgan fingerprint density at radius 3 is 2.39 bits per heavy atom. The van der Waals surface area contributed by atoms with Gasteiger partial charge in [-0.1, -0.05) is 31.2 Å². The predicted molar refractivity (Wildman–Crippen MR) is 70.3 cm³/mol. The van der Waals surface area contributed by atoms with Crippen molar-refractivity contribution < 1.29 is 14.6 Å². The topological polar surface area (TPSA) is 49.8 Å². The Balaban J connectivity index is 2.48. The quantitative estimate of drug-likeness (QED) is 0.805. The number of rotatable bonds is 7. The molecule has 0 aromatic heterocycles. The summed E-state index contributed by atoms with van der Waals surface area (Å²) in [7, 11) is 3.61. The fourth-order valence-electron chi connectivity index (χ4n) is 1.83. The number of methoxy groups -OCH3 is 1. The minimum atomic E-state index is -0.753. The molecule has 4 nitrogen and oxygen atoms in total. The molecule has 0 aliphatic rings. The molecule has 0 fully saturated rings. The Bertz CT molecular complexity index is 375. The molecule has 0 saturated heterocycles. The highest BCUT2D eigenvalue weighted by Gasteiger charge is 2.13. The van der Waals surface area contributed by atoms with E-state index in [1.807, 2.05) is 24.1 Å². The van der Waals surface area contributed by atoms with Crippen LogP contribution in [-0.2, 0) is 22.7 Å². The van der Waals surface area contributed by atoms with Gasteiger partial charge >= 0.3 is 5.97 Å². The number of aliphatic carboxylic acids is 1. The van der Waals surface area contributed by atoms with E-state index < -0.39 is 5.97 Å². The van der Waals surface area contributed by atoms with Crippen molar-refractivity contribution in [3.8, 4) is 0 Å². The molecule has 0 aliphatic carbocycles. The van der Waals surface area contributed by atoms with Crippen molar-refractivity contribution in [1.29, 1.82) is 0 Å². The van der Waals surface area contributed by atoms with Crippen LogP contribution in [-0.4, -0.2) is 36.7 Å². The highest BCUT2D eigenvalue weighted by molar-refractivity contribution is 5.69. The summed E-state index contributed by atoms with van der Waals surface area (Å²) in [6.45, 7) is 3.65. The summed E-state index contributed by atoms with van der Waals surface area (Å²) in [5.41, 5.74) is 2.32. The summed E-state index contributed by atoms with van der Waals surface area (Å²) in [6, 6.07) is 8.17. The van der Waals surface area contributed by atoms with Crippen molar-refractivity contribution in [1.82, 2.24) is 4.90 Å². The van der Waals surface area contributed by atoms with Crippen molar-refractivity contribution in [3.63, 3.8) is 0 Å². The van der Waals surface area contributed by atoms with Crippen LogP contribution in [0.2, 0.25) is 0 Å². The second kappa shape index (κ2) is 7.13. The Morgan fingerprint density at radius 2 is 1.89 bits per heavy atom. The van der Waals surface area contributed by atoms with Gasteiger partial charge in [0.2, 0.25) is 0 Å². The van der Waals surface area contributed by atoms with Gasteiger partial charge in [-0.3, -0.25) is 4.79 Å². The SMILES string of the molecule is COCc1ccc(CN(C)CC(C)C(=O)O)cc1. The number of hydrogen-bond donors (Lipinski definition) is 1. The first kappa shape index (κ1) is 14.7. The minimum Gasteiger partial charge on any atom is -0.481 e. The van der Waals surface area contributed by atoms with Gasteiger partial charge in [0.1, 0.15) is 0 Å². The van der Waals surface area contributed by atoms with E-state index >= 15 is 0 Å². The predicted octanol–water partition coefficient (Wildman–Crippen LogP) is 1.99. The van der Waals surface area contributed by atoms with Crippen molar-refractivity contribution >= 4 is 5.97 Å². The number of carboxylic acid groups (broad SMARTS) is 1. The number of hydrogen-bond acceptors (Lipinski definition) is 3. The van der Waals surface area contributed by atoms with E-state index in [1.54, 1.807) is 14.0 Å². The van der Waals surface area contributed by atoms with Gasteiger partial charge in [-0.05, 0) is 18.2 Å². The van der Waals surface area contributed by atoms with Crippen molar-refractivity contribution in [2.45, 2.75) is 20.1 Å². The van der Waals surface area contributed by atoms with Gasteiger partial charge in [-0.25, -0.2) is 0 Å². The summed E-state index contributed by atoms with van der Waals surface area (Å²) in [4.78, 5) is 12.8. The van der Waals surface area contributed by atoms with Gasteiger partial charge in [0.25, 0.3) is 0 Å². The zero-order chi connectivity index (χ0) is 13.5. The fraction of sp³-hybridized carbons (Fsp3) is 0.500. The minimum absolute atomic E-state index is 0.345. The molecule has 0 saturated carbocycles. The van der Waals surface area contributed by atoms with Crippen LogP contribution < -0.4 is 0 Å². The monoisotopic (exact) mass is 251 g/mol. The van der Waals surface area contributed by atoms with E-state index in [9.17, 15) is 4.79 Å². The largest absolute Gasteiger partial charge is 0.481 e. The Morgan fingerprint density at radius 1 is 1.33 bits per heavy atom. The number of carboxylic acids is 1. The van der Waals surface area contributed by atoms with Gasteiger partial charge in [0.15, 0.2) is 0 Å². The third kappa shape index (κ3) is 4.85. The molecule has 0 spiro atoms. The summed E-state index contributed by atoms with van der Waals surface area (Å²) in [5, 5.41) is 8.85. The summed E-state index contributed by atoms with van der Waals surface area (Å²) >= 11 is 0. The van der Waals surface area contributed by atoms with E-state index in [0.29, 0.717) is 13.2 Å². The first-order valence-electron chi connectivity index (χ1n) is 6.01. The second-order valence-electron chi connectivity index (χ2n) is 4.69. The highest BCUT2D eigenvalue weighted by Crippen LogP contribution is 2.09. The van der Waals surface area contributed by atoms with Gasteiger partial charge in [-0.15, -0.1) is 0 Å². The third-order valence-corrected chi connectivity index (χ3v) is 2.79. The van der Waals surface area contributed by atoms with Crippen LogP contribution in [0.1, 0.15) is 18.1 Å². The number of ether oxygens (including phenoxy) is 1. The zero-order valence-electron chi connectivity index (χ0n) is 11.2. The molecule has 1 unspecified atom stereocenters. The summed E-state index contributed by atoms with van der Waals surface area (Å²) in [5.74, 6) is -1.10. The lowest BCUT2D eigenvalue weighted by molar-refractivity contribution is -0.141. The van der Waals surface area contributed by atoms with E-state index in [2.05, 4.69) is 12.1 Å². The molecule has 100 valence electrons. The smallest absolute Gasteiger partial charge is 0.307 e. The standard InChI is InChI=1S/C14H21NO3/c1-11(14(16)17)8-15(2)9-12-4-6-13(7-5-12)10-18-3/h4-7,11H,8-10H2,1-3H3,(H,16,17). The number of carbonyl (C=O) groups is 1. The molecule has 1 atom stereocenters. The van der Waals surface area contributed by atoms with Gasteiger partial charge < -0.3 is 14.7 Å². The van der Waals surface area contributed by atoms with Crippen LogP contribution >= 0.6 is 0 Å². The molecule has 0 amide bonds. The normalized spacial score (nSPS) is 12.7. The molecule has 0 radical (unpaired) electrons. The van der Waals surface area contributed by atoms with Crippen molar-refractivity contribution in [2.75, 3.05) is 20.7 Å². The average molecular weight is 251 g/mol. The lowest BCUT2D eigenvalue weighted by Gasteiger charge is -2.19. The zero-order valence-corrected chi connectivity index (χ0v) is 11.2. The molecule has 0 bridgehead atoms. The molecule has 18 heavy (non-hydrogen) atoms. The van der Waals surface area contributed by atoms with E-state index in [1.165, 1.54) is 5.56 Å². The van der Waals surface area contributed by atoms with Crippen LogP contribution in [0.15, 0.2) is 24.3 Å². The molecule has 4 heteroatoms. The lowest BCUT2D eigenvalue weighted by Crippen LogP contribution is -2.28. The van der Waals surface area contributed by atoms with E-state index in [4.69, 9.17) is 9.84 Å². The van der Waals surface area contributed by atoms with Crippen LogP contribution in [0.3, 0.4) is 0 Å². The molecule has 1 aromatic rings. The second-order valence-corrected chi connectivity index (χ2v) is 4.69. The molecule has 0 heterocycles. The Kier molecular flexibility index (Phi) is 5.82. The molecular weight excluding hydrogens is 230 g/mol. The first-order valence-corrected chi connectivity index (χ1v) is 6.01. The molecule has 0 aliphatic heterocycles. The first-order chi connectivity index (χ1) is 8.52. The molecular formula is C14H21NO3. The molecule has 1 aromatic carbocycles. The summed E-state index contributed by atoms with van der Waals surface area (Å²) in [6.07, 6.45) is 0. The van der Waals surface area contributed by atoms with Crippen molar-refractivity contribution in [2.24, 2.45) is 5.92 Å². The highest BCUT2D eigenvalue weighted by atomic mass is 16.5. The maximum atomic E-state index is 10.8. The van der Waals surface area contributed by atoms with Gasteiger partial charge in [0.05, 0.1) is 12.5 Å². The van der Waals surface area contributed by atoms with Crippen LogP contribution in [0.4, 0.5) is 0 Å². The lowest BCUT2D eigenvalue weighted by atomic mass is 10.1. The Labute approximate surface area is 108 Å². The molecule has 1 N–H and O–H groups in total. The van der Waals surface area contributed by atoms with E-state index in [0.717, 1.165) is 12.1 Å². The van der Waals surface area contributed by atoms with E-state index in [-0.39, 0.29) is 5.92 Å². The van der Waals surface area contributed by atoms with Gasteiger partial charge in [0, 0.05) is 20.2 Å². The number of benzene rings is 1. The van der Waals surface area contributed by atoms with Crippen LogP contribution in [0.5, 0.6) is 0 Å². The molecule has 1 rings (SSSR count). The average Bonchev–Trinajstić information content (AvgIpc) is 2.31. The van der Waals surface area contributed by atoms with Crippen LogP contribution in [0.25, 0.3) is 0 Å².